The monoisotopic (exact) mass is 439 g/mol. The molecule has 31 heavy (non-hydrogen) atoms. The first-order valence-electron chi connectivity index (χ1n) is 9.71. The van der Waals surface area contributed by atoms with Crippen molar-refractivity contribution in [1.29, 1.82) is 0 Å². The molecular formula is C21H21N5O4S. The minimum Gasteiger partial charge on any atom is -0.454 e. The van der Waals surface area contributed by atoms with Crippen LogP contribution < -0.4 is 20.1 Å². The Kier molecular flexibility index (Phi) is 6.37. The molecule has 0 fully saturated rings. The van der Waals surface area contributed by atoms with Crippen LogP contribution in [0.3, 0.4) is 0 Å². The number of carbonyl (C=O) groups excluding carboxylic acids is 2. The number of nitrogens with zero attached hydrogens (tertiary/aromatic N) is 3. The summed E-state index contributed by atoms with van der Waals surface area (Å²) in [6.45, 7) is 2.72. The van der Waals surface area contributed by atoms with Crippen molar-refractivity contribution in [3.63, 3.8) is 0 Å². The number of ether oxygens (including phenoxy) is 2. The smallest absolute Gasteiger partial charge is 0.234 e. The van der Waals surface area contributed by atoms with Crippen LogP contribution in [0.15, 0.2) is 53.7 Å². The fourth-order valence-corrected chi connectivity index (χ4v) is 3.87. The molecule has 2 N–H and O–H groups in total. The molecule has 10 heteroatoms. The van der Waals surface area contributed by atoms with E-state index in [2.05, 4.69) is 20.8 Å². The Morgan fingerprint density at radius 2 is 1.77 bits per heavy atom. The number of para-hydroxylation sites is 1. The van der Waals surface area contributed by atoms with Gasteiger partial charge in [-0.1, -0.05) is 30.0 Å². The maximum absolute atomic E-state index is 12.3. The Morgan fingerprint density at radius 3 is 2.58 bits per heavy atom. The molecule has 2 amide bonds. The Morgan fingerprint density at radius 1 is 1.00 bits per heavy atom. The van der Waals surface area contributed by atoms with Crippen molar-refractivity contribution in [1.82, 2.24) is 14.8 Å². The van der Waals surface area contributed by atoms with Crippen LogP contribution in [0.1, 0.15) is 12.7 Å². The van der Waals surface area contributed by atoms with Gasteiger partial charge < -0.3 is 24.7 Å². The van der Waals surface area contributed by atoms with Gasteiger partial charge in [0.15, 0.2) is 16.7 Å². The van der Waals surface area contributed by atoms with Gasteiger partial charge in [-0.2, -0.15) is 0 Å². The zero-order valence-electron chi connectivity index (χ0n) is 16.8. The van der Waals surface area contributed by atoms with Crippen molar-refractivity contribution in [2.24, 2.45) is 0 Å². The minimum atomic E-state index is -0.183. The summed E-state index contributed by atoms with van der Waals surface area (Å²) in [5.74, 6) is 1.61. The number of hydrogen-bond donors (Lipinski definition) is 2. The second-order valence-corrected chi connectivity index (χ2v) is 7.58. The molecule has 0 radical (unpaired) electrons. The standard InChI is InChI=1S/C21H21N5O4S/c1-2-26-18(11-19(27)22-14-6-4-3-5-7-14)24-25-21(26)31-12-20(28)23-15-8-9-16-17(10-15)30-13-29-16/h3-10H,2,11-13H2,1H3,(H,22,27)(H,23,28). The van der Waals surface area contributed by atoms with E-state index in [1.165, 1.54) is 11.8 Å². The molecule has 0 saturated heterocycles. The second kappa shape index (κ2) is 9.52. The van der Waals surface area contributed by atoms with Crippen LogP contribution in [-0.2, 0) is 22.6 Å². The van der Waals surface area contributed by atoms with Crippen molar-refractivity contribution in [2.75, 3.05) is 23.2 Å². The fraction of sp³-hybridized carbons (Fsp3) is 0.238. The van der Waals surface area contributed by atoms with Gasteiger partial charge in [-0.15, -0.1) is 10.2 Å². The van der Waals surface area contributed by atoms with E-state index in [-0.39, 0.29) is 30.8 Å². The van der Waals surface area contributed by atoms with Crippen molar-refractivity contribution in [3.8, 4) is 11.5 Å². The molecule has 0 atom stereocenters. The van der Waals surface area contributed by atoms with Gasteiger partial charge in [0, 0.05) is 24.0 Å². The number of nitrogens with one attached hydrogen (secondary N) is 2. The Balaban J connectivity index is 1.33. The SMILES string of the molecule is CCn1c(CC(=O)Nc2ccccc2)nnc1SCC(=O)Nc1ccc2c(c1)OCO2. The van der Waals surface area contributed by atoms with Crippen LogP contribution >= 0.6 is 11.8 Å². The molecule has 9 nitrogen and oxygen atoms in total. The lowest BCUT2D eigenvalue weighted by Crippen LogP contribution is -2.18. The largest absolute Gasteiger partial charge is 0.454 e. The molecule has 4 rings (SSSR count). The maximum Gasteiger partial charge on any atom is 0.234 e. The first kappa shape index (κ1) is 20.7. The lowest BCUT2D eigenvalue weighted by molar-refractivity contribution is -0.116. The third-order valence-corrected chi connectivity index (χ3v) is 5.44. The van der Waals surface area contributed by atoms with Gasteiger partial charge in [0.1, 0.15) is 5.82 Å². The highest BCUT2D eigenvalue weighted by molar-refractivity contribution is 7.99. The average Bonchev–Trinajstić information content (AvgIpc) is 3.39. The number of aromatic nitrogens is 3. The summed E-state index contributed by atoms with van der Waals surface area (Å²) >= 11 is 1.27. The summed E-state index contributed by atoms with van der Waals surface area (Å²) in [5, 5.41) is 14.5. The number of benzene rings is 2. The number of fused-ring (bicyclic) bond motifs is 1. The quantitative estimate of drug-likeness (QED) is 0.520. The Labute approximate surface area is 183 Å². The second-order valence-electron chi connectivity index (χ2n) is 6.64. The van der Waals surface area contributed by atoms with E-state index in [0.29, 0.717) is 34.7 Å². The summed E-state index contributed by atoms with van der Waals surface area (Å²) < 4.78 is 12.4. The van der Waals surface area contributed by atoms with Crippen LogP contribution in [0.2, 0.25) is 0 Å². The van der Waals surface area contributed by atoms with E-state index in [1.807, 2.05) is 41.8 Å². The van der Waals surface area contributed by atoms with Gasteiger partial charge in [0.25, 0.3) is 0 Å². The lowest BCUT2D eigenvalue weighted by atomic mass is 10.3. The molecule has 0 aliphatic carbocycles. The molecular weight excluding hydrogens is 418 g/mol. The topological polar surface area (TPSA) is 107 Å². The van der Waals surface area contributed by atoms with Gasteiger partial charge in [-0.25, -0.2) is 0 Å². The van der Waals surface area contributed by atoms with Gasteiger partial charge in [0.2, 0.25) is 18.6 Å². The van der Waals surface area contributed by atoms with Crippen LogP contribution in [-0.4, -0.2) is 39.1 Å². The molecule has 1 aliphatic rings. The molecule has 1 aliphatic heterocycles. The molecule has 160 valence electrons. The van der Waals surface area contributed by atoms with E-state index >= 15 is 0 Å². The zero-order valence-corrected chi connectivity index (χ0v) is 17.6. The average molecular weight is 439 g/mol. The lowest BCUT2D eigenvalue weighted by Gasteiger charge is -2.09. The summed E-state index contributed by atoms with van der Waals surface area (Å²) in [5.41, 5.74) is 1.36. The third kappa shape index (κ3) is 5.15. The van der Waals surface area contributed by atoms with Gasteiger partial charge >= 0.3 is 0 Å². The number of carbonyl (C=O) groups is 2. The molecule has 2 heterocycles. The highest BCUT2D eigenvalue weighted by atomic mass is 32.2. The molecule has 2 aromatic carbocycles. The Hall–Kier alpha value is -3.53. The van der Waals surface area contributed by atoms with Gasteiger partial charge in [-0.3, -0.25) is 9.59 Å². The van der Waals surface area contributed by atoms with Crippen molar-refractivity contribution >= 4 is 35.0 Å². The van der Waals surface area contributed by atoms with E-state index in [1.54, 1.807) is 18.2 Å². The molecule has 0 bridgehead atoms. The summed E-state index contributed by atoms with van der Waals surface area (Å²) in [4.78, 5) is 24.7. The zero-order chi connectivity index (χ0) is 21.6. The van der Waals surface area contributed by atoms with Crippen LogP contribution in [0.25, 0.3) is 0 Å². The predicted octanol–water partition coefficient (Wildman–Crippen LogP) is 2.94. The fourth-order valence-electron chi connectivity index (χ4n) is 3.05. The minimum absolute atomic E-state index is 0.0969. The number of thioether (sulfide) groups is 1. The third-order valence-electron chi connectivity index (χ3n) is 4.47. The van der Waals surface area contributed by atoms with Crippen molar-refractivity contribution in [3.05, 3.63) is 54.4 Å². The summed E-state index contributed by atoms with van der Waals surface area (Å²) in [6, 6.07) is 14.5. The summed E-state index contributed by atoms with van der Waals surface area (Å²) in [7, 11) is 0. The number of hydrogen-bond acceptors (Lipinski definition) is 7. The number of amides is 2. The highest BCUT2D eigenvalue weighted by Gasteiger charge is 2.17. The van der Waals surface area contributed by atoms with Crippen molar-refractivity contribution < 1.29 is 19.1 Å². The van der Waals surface area contributed by atoms with E-state index in [9.17, 15) is 9.59 Å². The van der Waals surface area contributed by atoms with Crippen LogP contribution in [0, 0.1) is 0 Å². The maximum atomic E-state index is 12.3. The normalized spacial score (nSPS) is 11.9. The number of anilines is 2. The van der Waals surface area contributed by atoms with Crippen LogP contribution in [0.5, 0.6) is 11.5 Å². The van der Waals surface area contributed by atoms with Crippen molar-refractivity contribution in [2.45, 2.75) is 25.0 Å². The summed E-state index contributed by atoms with van der Waals surface area (Å²) in [6.07, 6.45) is 0.0969. The molecule has 0 spiro atoms. The van der Waals surface area contributed by atoms with E-state index in [0.717, 1.165) is 5.69 Å². The highest BCUT2D eigenvalue weighted by Crippen LogP contribution is 2.34. The molecule has 3 aromatic rings. The van der Waals surface area contributed by atoms with Gasteiger partial charge in [0.05, 0.1) is 12.2 Å². The number of rotatable bonds is 8. The van der Waals surface area contributed by atoms with Crippen LogP contribution in [0.4, 0.5) is 11.4 Å². The first-order chi connectivity index (χ1) is 15.1. The van der Waals surface area contributed by atoms with Gasteiger partial charge in [-0.05, 0) is 31.2 Å². The predicted molar refractivity (Wildman–Crippen MR) is 116 cm³/mol. The Bertz CT molecular complexity index is 1090. The molecule has 0 unspecified atom stereocenters. The first-order valence-corrected chi connectivity index (χ1v) is 10.7. The van der Waals surface area contributed by atoms with E-state index < -0.39 is 0 Å². The molecule has 1 aromatic heterocycles. The molecule has 0 saturated carbocycles. The van der Waals surface area contributed by atoms with E-state index in [4.69, 9.17) is 9.47 Å².